The van der Waals surface area contributed by atoms with E-state index in [2.05, 4.69) is 5.32 Å². The zero-order valence-corrected chi connectivity index (χ0v) is 11.4. The monoisotopic (exact) mass is 277 g/mol. The Morgan fingerprint density at radius 2 is 1.68 bits per heavy atom. The van der Waals surface area contributed by atoms with E-state index in [9.17, 15) is 13.2 Å². The fourth-order valence-electron chi connectivity index (χ4n) is 1.87. The predicted octanol–water partition coefficient (Wildman–Crippen LogP) is 3.09. The smallest absolute Gasteiger partial charge is 0.410 e. The van der Waals surface area contributed by atoms with Gasteiger partial charge >= 0.3 is 6.18 Å². The molecule has 0 spiro atoms. The highest BCUT2D eigenvalue weighted by Crippen LogP contribution is 2.41. The zero-order chi connectivity index (χ0) is 14.7. The maximum atomic E-state index is 13.3. The van der Waals surface area contributed by atoms with Gasteiger partial charge in [0.05, 0.1) is 14.2 Å². The minimum atomic E-state index is -4.41. The van der Waals surface area contributed by atoms with Gasteiger partial charge < -0.3 is 14.8 Å². The van der Waals surface area contributed by atoms with Gasteiger partial charge in [-0.15, -0.1) is 0 Å². The number of hydrogen-bond acceptors (Lipinski definition) is 3. The van der Waals surface area contributed by atoms with E-state index in [1.165, 1.54) is 32.4 Å². The molecule has 0 saturated carbocycles. The number of ether oxygens (including phenoxy) is 2. The van der Waals surface area contributed by atoms with Crippen molar-refractivity contribution in [3.8, 4) is 11.5 Å². The van der Waals surface area contributed by atoms with E-state index in [1.807, 2.05) is 0 Å². The maximum absolute atomic E-state index is 13.3. The van der Waals surface area contributed by atoms with Gasteiger partial charge in [-0.05, 0) is 31.2 Å². The Hall–Kier alpha value is -1.43. The van der Waals surface area contributed by atoms with Crippen molar-refractivity contribution < 1.29 is 22.6 Å². The molecule has 6 heteroatoms. The van der Waals surface area contributed by atoms with Crippen LogP contribution in [-0.4, -0.2) is 26.9 Å². The second-order valence-corrected chi connectivity index (χ2v) is 4.22. The quantitative estimate of drug-likeness (QED) is 0.897. The molecule has 108 valence electrons. The van der Waals surface area contributed by atoms with Crippen molar-refractivity contribution in [2.75, 3.05) is 20.8 Å². The van der Waals surface area contributed by atoms with Gasteiger partial charge in [-0.25, -0.2) is 0 Å². The number of rotatable bonds is 5. The fourth-order valence-corrected chi connectivity index (χ4v) is 1.87. The van der Waals surface area contributed by atoms with Crippen LogP contribution in [0.25, 0.3) is 0 Å². The second kappa shape index (κ2) is 5.69. The zero-order valence-electron chi connectivity index (χ0n) is 11.4. The molecule has 0 saturated heterocycles. The third kappa shape index (κ3) is 2.94. The summed E-state index contributed by atoms with van der Waals surface area (Å²) < 4.78 is 49.8. The molecule has 0 aliphatic rings. The van der Waals surface area contributed by atoms with Gasteiger partial charge in [0.25, 0.3) is 0 Å². The van der Waals surface area contributed by atoms with E-state index in [4.69, 9.17) is 9.47 Å². The van der Waals surface area contributed by atoms with Gasteiger partial charge in [-0.3, -0.25) is 0 Å². The molecule has 1 atom stereocenters. The standard InChI is InChI=1S/C13H18F3NO2/c1-5-17-12(2,13(14,15)16)9-6-7-10(18-3)11(8-9)19-4/h6-8,17H,5H2,1-4H3. The van der Waals surface area contributed by atoms with Crippen LogP contribution in [0.5, 0.6) is 11.5 Å². The molecule has 0 fully saturated rings. The molecule has 0 aliphatic heterocycles. The van der Waals surface area contributed by atoms with Crippen LogP contribution in [0.15, 0.2) is 18.2 Å². The van der Waals surface area contributed by atoms with Crippen LogP contribution in [-0.2, 0) is 5.54 Å². The average molecular weight is 277 g/mol. The van der Waals surface area contributed by atoms with Crippen LogP contribution in [0.2, 0.25) is 0 Å². The van der Waals surface area contributed by atoms with E-state index in [0.717, 1.165) is 6.92 Å². The summed E-state index contributed by atoms with van der Waals surface area (Å²) in [7, 11) is 2.82. The molecule has 1 aromatic carbocycles. The molecule has 1 rings (SSSR count). The van der Waals surface area contributed by atoms with Crippen molar-refractivity contribution in [3.05, 3.63) is 23.8 Å². The molecular weight excluding hydrogens is 259 g/mol. The molecule has 0 aliphatic carbocycles. The lowest BCUT2D eigenvalue weighted by Crippen LogP contribution is -2.51. The first-order chi connectivity index (χ1) is 8.80. The first-order valence-electron chi connectivity index (χ1n) is 5.84. The van der Waals surface area contributed by atoms with Gasteiger partial charge in [0.15, 0.2) is 11.5 Å². The molecule has 3 nitrogen and oxygen atoms in total. The van der Waals surface area contributed by atoms with Gasteiger partial charge in [-0.1, -0.05) is 13.0 Å². The highest BCUT2D eigenvalue weighted by atomic mass is 19.4. The van der Waals surface area contributed by atoms with Crippen molar-refractivity contribution in [3.63, 3.8) is 0 Å². The largest absolute Gasteiger partial charge is 0.493 e. The third-order valence-corrected chi connectivity index (χ3v) is 3.06. The van der Waals surface area contributed by atoms with Crippen molar-refractivity contribution >= 4 is 0 Å². The van der Waals surface area contributed by atoms with Crippen molar-refractivity contribution in [2.45, 2.75) is 25.6 Å². The first kappa shape index (κ1) is 15.6. The SMILES string of the molecule is CCNC(C)(c1ccc(OC)c(OC)c1)C(F)(F)F. The van der Waals surface area contributed by atoms with Crippen LogP contribution in [0, 0.1) is 0 Å². The number of nitrogens with one attached hydrogen (secondary N) is 1. The topological polar surface area (TPSA) is 30.5 Å². The fraction of sp³-hybridized carbons (Fsp3) is 0.538. The maximum Gasteiger partial charge on any atom is 0.410 e. The normalized spacial score (nSPS) is 14.9. The van der Waals surface area contributed by atoms with Crippen LogP contribution in [0.1, 0.15) is 19.4 Å². The lowest BCUT2D eigenvalue weighted by molar-refractivity contribution is -0.195. The number of halogens is 3. The molecular formula is C13H18F3NO2. The molecule has 0 amide bonds. The minimum Gasteiger partial charge on any atom is -0.493 e. The third-order valence-electron chi connectivity index (χ3n) is 3.06. The molecule has 0 bridgehead atoms. The van der Waals surface area contributed by atoms with E-state index in [0.29, 0.717) is 5.75 Å². The summed E-state index contributed by atoms with van der Waals surface area (Å²) in [5.41, 5.74) is -2.04. The average Bonchev–Trinajstić information content (AvgIpc) is 2.36. The summed E-state index contributed by atoms with van der Waals surface area (Å²) in [5.74, 6) is 0.667. The first-order valence-corrected chi connectivity index (χ1v) is 5.84. The summed E-state index contributed by atoms with van der Waals surface area (Å²) in [5, 5.41) is 2.48. The summed E-state index contributed by atoms with van der Waals surface area (Å²) in [4.78, 5) is 0. The lowest BCUT2D eigenvalue weighted by atomic mass is 9.90. The van der Waals surface area contributed by atoms with Crippen molar-refractivity contribution in [1.29, 1.82) is 0 Å². The van der Waals surface area contributed by atoms with Gasteiger partial charge in [-0.2, -0.15) is 13.2 Å². The summed E-state index contributed by atoms with van der Waals surface area (Å²) in [6.07, 6.45) is -4.41. The van der Waals surface area contributed by atoms with Gasteiger partial charge in [0.2, 0.25) is 0 Å². The van der Waals surface area contributed by atoms with E-state index in [-0.39, 0.29) is 17.9 Å². The lowest BCUT2D eigenvalue weighted by Gasteiger charge is -2.33. The Kier molecular flexibility index (Phi) is 4.68. The van der Waals surface area contributed by atoms with E-state index in [1.54, 1.807) is 6.92 Å². The van der Waals surface area contributed by atoms with E-state index < -0.39 is 11.7 Å². The van der Waals surface area contributed by atoms with Crippen LogP contribution in [0.3, 0.4) is 0 Å². The highest BCUT2D eigenvalue weighted by molar-refractivity contribution is 5.45. The minimum absolute atomic E-state index is 0.0829. The molecule has 1 aromatic rings. The van der Waals surface area contributed by atoms with Gasteiger partial charge in [0, 0.05) is 0 Å². The Bertz CT molecular complexity index is 434. The Balaban J connectivity index is 3.32. The van der Waals surface area contributed by atoms with Gasteiger partial charge in [0.1, 0.15) is 5.54 Å². The number of methoxy groups -OCH3 is 2. The van der Waals surface area contributed by atoms with Crippen molar-refractivity contribution in [2.24, 2.45) is 0 Å². The Morgan fingerprint density at radius 3 is 2.11 bits per heavy atom. The summed E-state index contributed by atoms with van der Waals surface area (Å²) in [6, 6.07) is 4.20. The van der Waals surface area contributed by atoms with Crippen LogP contribution >= 0.6 is 0 Å². The van der Waals surface area contributed by atoms with E-state index >= 15 is 0 Å². The molecule has 0 heterocycles. The summed E-state index contributed by atoms with van der Waals surface area (Å²) in [6.45, 7) is 2.94. The number of benzene rings is 1. The molecule has 1 unspecified atom stereocenters. The number of hydrogen-bond donors (Lipinski definition) is 1. The molecule has 19 heavy (non-hydrogen) atoms. The molecule has 0 radical (unpaired) electrons. The van der Waals surface area contributed by atoms with Crippen LogP contribution < -0.4 is 14.8 Å². The molecule has 1 N–H and O–H groups in total. The van der Waals surface area contributed by atoms with Crippen LogP contribution in [0.4, 0.5) is 13.2 Å². The highest BCUT2D eigenvalue weighted by Gasteiger charge is 2.52. The number of alkyl halides is 3. The Labute approximate surface area is 110 Å². The second-order valence-electron chi connectivity index (χ2n) is 4.22. The predicted molar refractivity (Wildman–Crippen MR) is 66.6 cm³/mol. The molecule has 0 aromatic heterocycles. The Morgan fingerprint density at radius 1 is 1.11 bits per heavy atom. The van der Waals surface area contributed by atoms with Crippen molar-refractivity contribution in [1.82, 2.24) is 5.32 Å². The summed E-state index contributed by atoms with van der Waals surface area (Å²) >= 11 is 0.